The first-order chi connectivity index (χ1) is 10.6. The molecule has 0 saturated heterocycles. The van der Waals surface area contributed by atoms with E-state index in [1.165, 1.54) is 12.1 Å². The Morgan fingerprint density at radius 3 is 2.73 bits per heavy atom. The number of nitro benzene ring substituents is 1. The lowest BCUT2D eigenvalue weighted by atomic mass is 10.1. The minimum absolute atomic E-state index is 0.00803. The van der Waals surface area contributed by atoms with Crippen LogP contribution in [0.2, 0.25) is 5.02 Å². The Bertz CT molecular complexity index is 860. The zero-order valence-corrected chi connectivity index (χ0v) is 12.4. The van der Waals surface area contributed by atoms with Gasteiger partial charge in [-0.2, -0.15) is 0 Å². The highest BCUT2D eigenvalue weighted by Crippen LogP contribution is 2.37. The number of fused-ring (bicyclic) bond motifs is 1. The molecule has 0 aliphatic carbocycles. The van der Waals surface area contributed by atoms with Crippen molar-refractivity contribution in [3.8, 4) is 11.5 Å². The molecule has 3 rings (SSSR count). The van der Waals surface area contributed by atoms with Crippen LogP contribution in [0.3, 0.4) is 0 Å². The van der Waals surface area contributed by atoms with Crippen LogP contribution in [0.5, 0.6) is 11.5 Å². The van der Waals surface area contributed by atoms with Crippen molar-refractivity contribution >= 4 is 28.2 Å². The van der Waals surface area contributed by atoms with Gasteiger partial charge >= 0.3 is 0 Å². The van der Waals surface area contributed by atoms with E-state index in [9.17, 15) is 10.1 Å². The van der Waals surface area contributed by atoms with Crippen LogP contribution in [0.4, 0.5) is 5.69 Å². The number of hydrogen-bond acceptors (Lipinski definition) is 4. The zero-order chi connectivity index (χ0) is 15.7. The van der Waals surface area contributed by atoms with Gasteiger partial charge in [-0.1, -0.05) is 23.7 Å². The molecule has 6 heteroatoms. The maximum absolute atomic E-state index is 11.1. The molecule has 22 heavy (non-hydrogen) atoms. The van der Waals surface area contributed by atoms with Crippen molar-refractivity contribution in [2.75, 3.05) is 0 Å². The molecule has 1 heterocycles. The Hall–Kier alpha value is -2.66. The van der Waals surface area contributed by atoms with E-state index < -0.39 is 4.92 Å². The molecule has 1 aromatic heterocycles. The fraction of sp³-hybridized carbons (Fsp3) is 0.0625. The smallest absolute Gasteiger partial charge is 0.279 e. The monoisotopic (exact) mass is 314 g/mol. The number of rotatable bonds is 3. The van der Waals surface area contributed by atoms with Crippen LogP contribution >= 0.6 is 11.6 Å². The van der Waals surface area contributed by atoms with E-state index >= 15 is 0 Å². The largest absolute Gasteiger partial charge is 0.453 e. The average molecular weight is 315 g/mol. The summed E-state index contributed by atoms with van der Waals surface area (Å²) in [5.41, 5.74) is 1.29. The fourth-order valence-electron chi connectivity index (χ4n) is 2.23. The maximum atomic E-state index is 11.1. The van der Waals surface area contributed by atoms with Crippen LogP contribution in [0.1, 0.15) is 5.56 Å². The summed E-state index contributed by atoms with van der Waals surface area (Å²) >= 11 is 6.16. The molecule has 0 bridgehead atoms. The van der Waals surface area contributed by atoms with Gasteiger partial charge in [-0.05, 0) is 36.8 Å². The first kappa shape index (κ1) is 14.3. The zero-order valence-electron chi connectivity index (χ0n) is 11.6. The van der Waals surface area contributed by atoms with Crippen molar-refractivity contribution in [1.29, 1.82) is 0 Å². The van der Waals surface area contributed by atoms with E-state index in [4.69, 9.17) is 16.3 Å². The lowest BCUT2D eigenvalue weighted by Gasteiger charge is -2.12. The number of ether oxygens (including phenoxy) is 1. The van der Waals surface area contributed by atoms with Crippen LogP contribution < -0.4 is 4.74 Å². The summed E-state index contributed by atoms with van der Waals surface area (Å²) in [6.45, 7) is 1.88. The highest BCUT2D eigenvalue weighted by Gasteiger charge is 2.17. The maximum Gasteiger partial charge on any atom is 0.279 e. The van der Waals surface area contributed by atoms with Crippen LogP contribution in [0.25, 0.3) is 10.9 Å². The predicted molar refractivity (Wildman–Crippen MR) is 84.7 cm³/mol. The molecule has 5 nitrogen and oxygen atoms in total. The second-order valence-corrected chi connectivity index (χ2v) is 5.13. The SMILES string of the molecule is Cc1cccc(Cl)c1Oc1ccc([N+](=O)[O-])c2cccnc12. The third kappa shape index (κ3) is 2.46. The lowest BCUT2D eigenvalue weighted by Crippen LogP contribution is -1.94. The molecule has 0 amide bonds. The molecular weight excluding hydrogens is 304 g/mol. The second-order valence-electron chi connectivity index (χ2n) is 4.73. The van der Waals surface area contributed by atoms with Gasteiger partial charge in [-0.15, -0.1) is 0 Å². The molecule has 0 saturated carbocycles. The van der Waals surface area contributed by atoms with Gasteiger partial charge in [0, 0.05) is 12.3 Å². The van der Waals surface area contributed by atoms with E-state index in [1.54, 1.807) is 24.4 Å². The summed E-state index contributed by atoms with van der Waals surface area (Å²) in [6.07, 6.45) is 1.57. The van der Waals surface area contributed by atoms with Gasteiger partial charge in [-0.25, -0.2) is 0 Å². The van der Waals surface area contributed by atoms with Crippen molar-refractivity contribution < 1.29 is 9.66 Å². The summed E-state index contributed by atoms with van der Waals surface area (Å²) < 4.78 is 5.87. The van der Waals surface area contributed by atoms with Crippen molar-refractivity contribution in [1.82, 2.24) is 4.98 Å². The molecule has 0 aliphatic heterocycles. The number of para-hydroxylation sites is 1. The Kier molecular flexibility index (Phi) is 3.65. The Labute approximate surface area is 131 Å². The summed E-state index contributed by atoms with van der Waals surface area (Å²) in [7, 11) is 0. The highest BCUT2D eigenvalue weighted by molar-refractivity contribution is 6.32. The number of nitro groups is 1. The van der Waals surface area contributed by atoms with E-state index in [0.717, 1.165) is 5.56 Å². The quantitative estimate of drug-likeness (QED) is 0.509. The molecule has 0 unspecified atom stereocenters. The van der Waals surface area contributed by atoms with Crippen LogP contribution in [-0.2, 0) is 0 Å². The molecule has 0 fully saturated rings. The molecule has 0 spiro atoms. The highest BCUT2D eigenvalue weighted by atomic mass is 35.5. The molecule has 0 N–H and O–H groups in total. The summed E-state index contributed by atoms with van der Waals surface area (Å²) in [6, 6.07) is 11.7. The van der Waals surface area contributed by atoms with E-state index in [1.807, 2.05) is 19.1 Å². The Morgan fingerprint density at radius 2 is 2.00 bits per heavy atom. The van der Waals surface area contributed by atoms with E-state index in [0.29, 0.717) is 27.4 Å². The van der Waals surface area contributed by atoms with Gasteiger partial charge in [0.25, 0.3) is 5.69 Å². The first-order valence-electron chi connectivity index (χ1n) is 6.53. The summed E-state index contributed by atoms with van der Waals surface area (Å²) in [4.78, 5) is 14.9. The third-order valence-electron chi connectivity index (χ3n) is 3.28. The van der Waals surface area contributed by atoms with Crippen molar-refractivity contribution in [2.45, 2.75) is 6.92 Å². The van der Waals surface area contributed by atoms with Crippen LogP contribution in [0.15, 0.2) is 48.7 Å². The minimum atomic E-state index is -0.436. The summed E-state index contributed by atoms with van der Waals surface area (Å²) in [5.74, 6) is 0.947. The number of aryl methyl sites for hydroxylation is 1. The number of hydrogen-bond donors (Lipinski definition) is 0. The van der Waals surface area contributed by atoms with Crippen molar-refractivity contribution in [2.24, 2.45) is 0 Å². The van der Waals surface area contributed by atoms with Crippen molar-refractivity contribution in [3.05, 3.63) is 69.4 Å². The van der Waals surface area contributed by atoms with Crippen molar-refractivity contribution in [3.63, 3.8) is 0 Å². The van der Waals surface area contributed by atoms with Crippen LogP contribution in [0, 0.1) is 17.0 Å². The molecule has 0 aliphatic rings. The molecule has 110 valence electrons. The molecule has 3 aromatic rings. The van der Waals surface area contributed by atoms with E-state index in [-0.39, 0.29) is 5.69 Å². The van der Waals surface area contributed by atoms with Gasteiger partial charge in [0.05, 0.1) is 15.3 Å². The third-order valence-corrected chi connectivity index (χ3v) is 3.58. The van der Waals surface area contributed by atoms with Gasteiger partial charge in [0.15, 0.2) is 5.75 Å². The molecule has 2 aromatic carbocycles. The molecular formula is C16H11ClN2O3. The van der Waals surface area contributed by atoms with Gasteiger partial charge in [0.2, 0.25) is 0 Å². The Morgan fingerprint density at radius 1 is 1.18 bits per heavy atom. The van der Waals surface area contributed by atoms with Gasteiger partial charge < -0.3 is 4.74 Å². The normalized spacial score (nSPS) is 10.6. The van der Waals surface area contributed by atoms with Crippen LogP contribution in [-0.4, -0.2) is 9.91 Å². The number of nitrogens with zero attached hydrogens (tertiary/aromatic N) is 2. The lowest BCUT2D eigenvalue weighted by molar-refractivity contribution is -0.383. The minimum Gasteiger partial charge on any atom is -0.453 e. The average Bonchev–Trinajstić information content (AvgIpc) is 2.50. The first-order valence-corrected chi connectivity index (χ1v) is 6.91. The van der Waals surface area contributed by atoms with Gasteiger partial charge in [-0.3, -0.25) is 15.1 Å². The van der Waals surface area contributed by atoms with E-state index in [2.05, 4.69) is 4.98 Å². The fourth-order valence-corrected chi connectivity index (χ4v) is 2.49. The molecule has 0 atom stereocenters. The predicted octanol–water partition coefficient (Wildman–Crippen LogP) is 4.90. The number of halogens is 1. The number of pyridine rings is 1. The number of non-ortho nitro benzene ring substituents is 1. The number of benzene rings is 2. The Balaban J connectivity index is 2.17. The standard InChI is InChI=1S/C16H11ClN2O3/c1-10-4-2-6-12(17)16(10)22-14-8-7-13(19(20)21)11-5-3-9-18-15(11)14/h2-9H,1H3. The topological polar surface area (TPSA) is 65.3 Å². The molecule has 0 radical (unpaired) electrons. The second kappa shape index (κ2) is 5.61. The van der Waals surface area contributed by atoms with Gasteiger partial charge in [0.1, 0.15) is 11.3 Å². The summed E-state index contributed by atoms with van der Waals surface area (Å²) in [5, 5.41) is 12.0. The number of aromatic nitrogens is 1.